The van der Waals surface area contributed by atoms with Crippen molar-refractivity contribution in [3.8, 4) is 0 Å². The second-order valence-corrected chi connectivity index (χ2v) is 4.85. The zero-order chi connectivity index (χ0) is 13.7. The van der Waals surface area contributed by atoms with E-state index in [2.05, 4.69) is 20.0 Å². The van der Waals surface area contributed by atoms with Gasteiger partial charge >= 0.3 is 0 Å². The Morgan fingerprint density at radius 1 is 1.26 bits per heavy atom. The Balaban J connectivity index is 2.00. The van der Waals surface area contributed by atoms with Gasteiger partial charge in [0.25, 0.3) is 5.95 Å². The summed E-state index contributed by atoms with van der Waals surface area (Å²) >= 11 is 5.95. The van der Waals surface area contributed by atoms with Crippen molar-refractivity contribution in [3.63, 3.8) is 0 Å². The summed E-state index contributed by atoms with van der Waals surface area (Å²) in [5, 5.41) is 9.19. The van der Waals surface area contributed by atoms with Crippen LogP contribution in [-0.2, 0) is 0 Å². The lowest BCUT2D eigenvalue weighted by Gasteiger charge is -2.15. The Morgan fingerprint density at radius 3 is 2.58 bits per heavy atom. The fraction of sp³-hybridized carbons (Fsp3) is 0.538. The van der Waals surface area contributed by atoms with Crippen molar-refractivity contribution in [3.05, 3.63) is 16.9 Å². The molecule has 0 atom stereocenters. The normalized spacial score (nSPS) is 15.5. The minimum Gasteiger partial charge on any atom is -0.394 e. The summed E-state index contributed by atoms with van der Waals surface area (Å²) in [6.45, 7) is 2.47. The fourth-order valence-electron chi connectivity index (χ4n) is 1.91. The van der Waals surface area contributed by atoms with Crippen LogP contribution in [0, 0.1) is 6.92 Å². The van der Waals surface area contributed by atoms with Gasteiger partial charge in [-0.3, -0.25) is 4.99 Å². The van der Waals surface area contributed by atoms with E-state index < -0.39 is 0 Å². The number of halogens is 1. The third-order valence-electron chi connectivity index (χ3n) is 3.00. The molecule has 0 bridgehead atoms. The molecule has 0 unspecified atom stereocenters. The van der Waals surface area contributed by atoms with Crippen molar-refractivity contribution in [2.75, 3.05) is 13.2 Å². The van der Waals surface area contributed by atoms with Crippen LogP contribution < -0.4 is 0 Å². The summed E-state index contributed by atoms with van der Waals surface area (Å²) in [4.78, 5) is 17.1. The van der Waals surface area contributed by atoms with E-state index in [9.17, 15) is 0 Å². The van der Waals surface area contributed by atoms with Gasteiger partial charge in [0, 0.05) is 23.2 Å². The molecule has 1 fully saturated rings. The molecule has 6 heteroatoms. The number of aliphatic hydroxyl groups excluding tert-OH is 1. The van der Waals surface area contributed by atoms with Crippen LogP contribution in [0.25, 0.3) is 0 Å². The largest absolute Gasteiger partial charge is 0.394 e. The molecule has 0 amide bonds. The Hall–Kier alpha value is -1.33. The topological polar surface area (TPSA) is 70.7 Å². The molecule has 102 valence electrons. The van der Waals surface area contributed by atoms with Gasteiger partial charge < -0.3 is 5.11 Å². The predicted octanol–water partition coefficient (Wildman–Crippen LogP) is 2.52. The molecule has 0 radical (unpaired) electrons. The van der Waals surface area contributed by atoms with Gasteiger partial charge in [-0.2, -0.15) is 4.98 Å². The summed E-state index contributed by atoms with van der Waals surface area (Å²) in [7, 11) is 0. The van der Waals surface area contributed by atoms with Gasteiger partial charge in [-0.15, -0.1) is 0 Å². The van der Waals surface area contributed by atoms with Crippen molar-refractivity contribution in [2.45, 2.75) is 32.6 Å². The Morgan fingerprint density at radius 2 is 1.95 bits per heavy atom. The summed E-state index contributed by atoms with van der Waals surface area (Å²) in [6.07, 6.45) is 5.24. The van der Waals surface area contributed by atoms with Gasteiger partial charge in [0.2, 0.25) is 0 Å². The van der Waals surface area contributed by atoms with Gasteiger partial charge in [0.05, 0.1) is 13.2 Å². The van der Waals surface area contributed by atoms with E-state index in [1.807, 2.05) is 6.92 Å². The first-order valence-electron chi connectivity index (χ1n) is 6.37. The highest BCUT2D eigenvalue weighted by Crippen LogP contribution is 2.19. The predicted molar refractivity (Wildman–Crippen MR) is 76.7 cm³/mol. The Kier molecular flexibility index (Phi) is 4.99. The molecule has 0 aromatic carbocycles. The fourth-order valence-corrected chi connectivity index (χ4v) is 2.04. The molecule has 2 rings (SSSR count). The molecule has 0 aliphatic heterocycles. The molecule has 1 aromatic heterocycles. The van der Waals surface area contributed by atoms with E-state index in [-0.39, 0.29) is 6.61 Å². The maximum Gasteiger partial charge on any atom is 0.250 e. The second-order valence-electron chi connectivity index (χ2n) is 4.49. The van der Waals surface area contributed by atoms with Crippen LogP contribution in [0.1, 0.15) is 31.2 Å². The molecule has 0 saturated heterocycles. The number of hydrogen-bond donors (Lipinski definition) is 1. The molecule has 1 aliphatic carbocycles. The SMILES string of the molecule is Cc1cnc(N=C2CCC(=NCCO)CC2)nc1Cl. The molecular formula is C13H17ClN4O. The highest BCUT2D eigenvalue weighted by Gasteiger charge is 2.13. The van der Waals surface area contributed by atoms with Gasteiger partial charge in [-0.05, 0) is 32.6 Å². The average Bonchev–Trinajstić information content (AvgIpc) is 2.42. The van der Waals surface area contributed by atoms with Gasteiger partial charge in [0.15, 0.2) is 0 Å². The van der Waals surface area contributed by atoms with Crippen molar-refractivity contribution < 1.29 is 5.11 Å². The van der Waals surface area contributed by atoms with E-state index in [0.29, 0.717) is 17.6 Å². The lowest BCUT2D eigenvalue weighted by molar-refractivity contribution is 0.306. The van der Waals surface area contributed by atoms with Crippen LogP contribution in [-0.4, -0.2) is 39.6 Å². The zero-order valence-corrected chi connectivity index (χ0v) is 11.7. The van der Waals surface area contributed by atoms with Crippen LogP contribution in [0.4, 0.5) is 5.95 Å². The molecule has 1 aliphatic rings. The molecule has 1 heterocycles. The number of aliphatic hydroxyl groups is 1. The van der Waals surface area contributed by atoms with E-state index in [1.165, 1.54) is 0 Å². The third kappa shape index (κ3) is 4.08. The first-order valence-corrected chi connectivity index (χ1v) is 6.75. The maximum atomic E-state index is 8.73. The minimum atomic E-state index is 0.111. The zero-order valence-electron chi connectivity index (χ0n) is 10.9. The van der Waals surface area contributed by atoms with E-state index in [0.717, 1.165) is 42.7 Å². The lowest BCUT2D eigenvalue weighted by Crippen LogP contribution is -2.14. The smallest absolute Gasteiger partial charge is 0.250 e. The number of hydrogen-bond acceptors (Lipinski definition) is 5. The molecule has 19 heavy (non-hydrogen) atoms. The summed E-state index contributed by atoms with van der Waals surface area (Å²) < 4.78 is 0. The quantitative estimate of drug-likeness (QED) is 0.865. The van der Waals surface area contributed by atoms with E-state index in [4.69, 9.17) is 16.7 Å². The number of aryl methyl sites for hydroxylation is 1. The van der Waals surface area contributed by atoms with Crippen LogP contribution >= 0.6 is 11.6 Å². The van der Waals surface area contributed by atoms with Gasteiger partial charge in [-0.25, -0.2) is 9.98 Å². The van der Waals surface area contributed by atoms with Crippen LogP contribution in [0.15, 0.2) is 16.2 Å². The molecule has 1 N–H and O–H groups in total. The van der Waals surface area contributed by atoms with Crippen molar-refractivity contribution in [1.29, 1.82) is 0 Å². The highest BCUT2D eigenvalue weighted by molar-refractivity contribution is 6.30. The Labute approximate surface area is 117 Å². The number of aliphatic imine (C=N–C) groups is 2. The molecular weight excluding hydrogens is 264 g/mol. The van der Waals surface area contributed by atoms with Crippen LogP contribution in [0.3, 0.4) is 0 Å². The highest BCUT2D eigenvalue weighted by atomic mass is 35.5. The summed E-state index contributed by atoms with van der Waals surface area (Å²) in [5.41, 5.74) is 3.10. The number of nitrogens with zero attached hydrogens (tertiary/aromatic N) is 4. The van der Waals surface area contributed by atoms with Crippen LogP contribution in [0.5, 0.6) is 0 Å². The van der Waals surface area contributed by atoms with E-state index >= 15 is 0 Å². The standard InChI is InChI=1S/C13H17ClN4O/c1-9-8-16-13(18-12(9)14)17-11-4-2-10(3-5-11)15-6-7-19/h8,19H,2-7H2,1H3. The van der Waals surface area contributed by atoms with Gasteiger partial charge in [-0.1, -0.05) is 11.6 Å². The maximum absolute atomic E-state index is 8.73. The van der Waals surface area contributed by atoms with Crippen molar-refractivity contribution >= 4 is 29.0 Å². The average molecular weight is 281 g/mol. The number of rotatable bonds is 3. The lowest BCUT2D eigenvalue weighted by atomic mass is 9.96. The minimum absolute atomic E-state index is 0.111. The van der Waals surface area contributed by atoms with Crippen molar-refractivity contribution in [1.82, 2.24) is 9.97 Å². The number of aromatic nitrogens is 2. The molecule has 1 saturated carbocycles. The van der Waals surface area contributed by atoms with Crippen molar-refractivity contribution in [2.24, 2.45) is 9.98 Å². The monoisotopic (exact) mass is 280 g/mol. The summed E-state index contributed by atoms with van der Waals surface area (Å²) in [6, 6.07) is 0. The first kappa shape index (κ1) is 14.1. The molecule has 0 spiro atoms. The van der Waals surface area contributed by atoms with Crippen LogP contribution in [0.2, 0.25) is 5.15 Å². The molecule has 1 aromatic rings. The Bertz CT molecular complexity index is 501. The second kappa shape index (κ2) is 6.73. The summed E-state index contributed by atoms with van der Waals surface area (Å²) in [5.74, 6) is 0.432. The molecule has 5 nitrogen and oxygen atoms in total. The first-order chi connectivity index (χ1) is 9.19. The third-order valence-corrected chi connectivity index (χ3v) is 3.38. The van der Waals surface area contributed by atoms with E-state index in [1.54, 1.807) is 6.20 Å². The van der Waals surface area contributed by atoms with Gasteiger partial charge in [0.1, 0.15) is 5.15 Å².